The van der Waals surface area contributed by atoms with Crippen LogP contribution in [0.1, 0.15) is 17.3 Å². The molecule has 0 aliphatic heterocycles. The molecule has 2 N–H and O–H groups in total. The number of non-ortho nitro benzene ring substituents is 1. The number of hydrogen-bond acceptors (Lipinski definition) is 4. The van der Waals surface area contributed by atoms with Crippen LogP contribution in [-0.2, 0) is 0 Å². The van der Waals surface area contributed by atoms with Crippen molar-refractivity contribution in [3.8, 4) is 0 Å². The molecule has 6 nitrogen and oxygen atoms in total. The highest BCUT2D eigenvalue weighted by Gasteiger charge is 2.20. The Morgan fingerprint density at radius 1 is 1.24 bits per heavy atom. The predicted molar refractivity (Wildman–Crippen MR) is 81.3 cm³/mol. The fourth-order valence-corrected chi connectivity index (χ4v) is 2.06. The molecule has 0 saturated carbocycles. The van der Waals surface area contributed by atoms with Crippen molar-refractivity contribution in [2.45, 2.75) is 6.92 Å². The number of carbonyl (C=O) groups is 1. The van der Waals surface area contributed by atoms with E-state index in [1.807, 2.05) is 37.3 Å². The molecule has 2 aromatic rings. The Labute approximate surface area is 121 Å². The van der Waals surface area contributed by atoms with Crippen molar-refractivity contribution < 1.29 is 9.72 Å². The van der Waals surface area contributed by atoms with Gasteiger partial charge in [0.25, 0.3) is 11.6 Å². The molecule has 0 radical (unpaired) electrons. The lowest BCUT2D eigenvalue weighted by Gasteiger charge is -2.21. The van der Waals surface area contributed by atoms with Gasteiger partial charge in [0.1, 0.15) is 0 Å². The number of nitrogens with two attached hydrogens (primary N) is 1. The van der Waals surface area contributed by atoms with E-state index in [-0.39, 0.29) is 22.8 Å². The number of nitro benzene ring substituents is 1. The van der Waals surface area contributed by atoms with Crippen LogP contribution < -0.4 is 10.6 Å². The Bertz CT molecular complexity index is 671. The number of para-hydroxylation sites is 1. The lowest BCUT2D eigenvalue weighted by atomic mass is 10.1. The standard InChI is InChI=1S/C15H15N3O3/c1-2-17(11-6-4-3-5-7-11)15(19)13-9-8-12(18(20)21)10-14(13)16/h3-10H,2,16H2,1H3. The number of nitro groups is 1. The summed E-state index contributed by atoms with van der Waals surface area (Å²) in [5.41, 5.74) is 6.76. The Morgan fingerprint density at radius 3 is 2.43 bits per heavy atom. The summed E-state index contributed by atoms with van der Waals surface area (Å²) < 4.78 is 0. The highest BCUT2D eigenvalue weighted by Crippen LogP contribution is 2.23. The number of nitrogen functional groups attached to an aromatic ring is 1. The fourth-order valence-electron chi connectivity index (χ4n) is 2.06. The number of hydrogen-bond donors (Lipinski definition) is 1. The smallest absolute Gasteiger partial charge is 0.271 e. The number of rotatable bonds is 4. The van der Waals surface area contributed by atoms with Gasteiger partial charge >= 0.3 is 0 Å². The van der Waals surface area contributed by atoms with Crippen LogP contribution in [0, 0.1) is 10.1 Å². The van der Waals surface area contributed by atoms with E-state index < -0.39 is 4.92 Å². The van der Waals surface area contributed by atoms with Gasteiger partial charge < -0.3 is 10.6 Å². The molecule has 21 heavy (non-hydrogen) atoms. The van der Waals surface area contributed by atoms with Crippen LogP contribution in [0.15, 0.2) is 48.5 Å². The minimum absolute atomic E-state index is 0.101. The van der Waals surface area contributed by atoms with Crippen LogP contribution in [0.25, 0.3) is 0 Å². The maximum Gasteiger partial charge on any atom is 0.271 e. The van der Waals surface area contributed by atoms with Gasteiger partial charge in [-0.05, 0) is 25.1 Å². The number of anilines is 2. The predicted octanol–water partition coefficient (Wildman–Crippen LogP) is 2.84. The molecule has 0 aliphatic carbocycles. The molecule has 0 bridgehead atoms. The average molecular weight is 285 g/mol. The summed E-state index contributed by atoms with van der Waals surface area (Å²) in [6.07, 6.45) is 0. The van der Waals surface area contributed by atoms with E-state index in [4.69, 9.17) is 5.73 Å². The summed E-state index contributed by atoms with van der Waals surface area (Å²) in [6.45, 7) is 2.33. The van der Waals surface area contributed by atoms with E-state index in [0.29, 0.717) is 6.54 Å². The van der Waals surface area contributed by atoms with Gasteiger partial charge in [0.05, 0.1) is 16.2 Å². The molecule has 0 fully saturated rings. The molecule has 0 spiro atoms. The first-order valence-electron chi connectivity index (χ1n) is 6.45. The first-order valence-corrected chi connectivity index (χ1v) is 6.45. The Hall–Kier alpha value is -2.89. The zero-order valence-electron chi connectivity index (χ0n) is 11.5. The summed E-state index contributed by atoms with van der Waals surface area (Å²) in [7, 11) is 0. The van der Waals surface area contributed by atoms with Crippen LogP contribution >= 0.6 is 0 Å². The van der Waals surface area contributed by atoms with Gasteiger partial charge in [-0.2, -0.15) is 0 Å². The van der Waals surface area contributed by atoms with Crippen molar-refractivity contribution in [2.24, 2.45) is 0 Å². The average Bonchev–Trinajstić information content (AvgIpc) is 2.48. The Balaban J connectivity index is 2.37. The third kappa shape index (κ3) is 3.00. The van der Waals surface area contributed by atoms with Gasteiger partial charge in [-0.1, -0.05) is 18.2 Å². The third-order valence-corrected chi connectivity index (χ3v) is 3.11. The number of amides is 1. The summed E-state index contributed by atoms with van der Waals surface area (Å²) in [6, 6.07) is 13.1. The molecule has 0 saturated heterocycles. The van der Waals surface area contributed by atoms with Gasteiger partial charge in [-0.15, -0.1) is 0 Å². The van der Waals surface area contributed by atoms with Crippen LogP contribution in [0.3, 0.4) is 0 Å². The molecule has 0 heterocycles. The minimum atomic E-state index is -0.542. The topological polar surface area (TPSA) is 89.5 Å². The van der Waals surface area contributed by atoms with Crippen molar-refractivity contribution >= 4 is 23.0 Å². The molecular formula is C15H15N3O3. The molecule has 2 rings (SSSR count). The molecule has 2 aromatic carbocycles. The maximum atomic E-state index is 12.6. The zero-order valence-corrected chi connectivity index (χ0v) is 11.5. The SMILES string of the molecule is CCN(C(=O)c1ccc([N+](=O)[O-])cc1N)c1ccccc1. The normalized spacial score (nSPS) is 10.1. The van der Waals surface area contributed by atoms with Crippen molar-refractivity contribution in [2.75, 3.05) is 17.2 Å². The van der Waals surface area contributed by atoms with Gasteiger partial charge in [0.2, 0.25) is 0 Å². The largest absolute Gasteiger partial charge is 0.398 e. The van der Waals surface area contributed by atoms with Gasteiger partial charge in [-0.25, -0.2) is 0 Å². The number of carbonyl (C=O) groups excluding carboxylic acids is 1. The molecule has 0 unspecified atom stereocenters. The molecule has 1 amide bonds. The Kier molecular flexibility index (Phi) is 4.18. The highest BCUT2D eigenvalue weighted by molar-refractivity contribution is 6.09. The lowest BCUT2D eigenvalue weighted by molar-refractivity contribution is -0.384. The second-order valence-corrected chi connectivity index (χ2v) is 4.41. The molecule has 0 aromatic heterocycles. The van der Waals surface area contributed by atoms with Gasteiger partial charge in [0.15, 0.2) is 0 Å². The maximum absolute atomic E-state index is 12.6. The van der Waals surface area contributed by atoms with Crippen LogP contribution in [0.4, 0.5) is 17.1 Å². The van der Waals surface area contributed by atoms with Crippen molar-refractivity contribution in [1.29, 1.82) is 0 Å². The molecule has 0 aliphatic rings. The summed E-state index contributed by atoms with van der Waals surface area (Å²) >= 11 is 0. The van der Waals surface area contributed by atoms with E-state index in [2.05, 4.69) is 0 Å². The number of nitrogens with zero attached hydrogens (tertiary/aromatic N) is 2. The summed E-state index contributed by atoms with van der Waals surface area (Å²) in [5, 5.41) is 10.7. The lowest BCUT2D eigenvalue weighted by Crippen LogP contribution is -2.31. The van der Waals surface area contributed by atoms with E-state index in [9.17, 15) is 14.9 Å². The van der Waals surface area contributed by atoms with Gasteiger partial charge in [-0.3, -0.25) is 14.9 Å². The molecule has 0 atom stereocenters. The minimum Gasteiger partial charge on any atom is -0.398 e. The first kappa shape index (κ1) is 14.5. The molecule has 6 heteroatoms. The van der Waals surface area contributed by atoms with Crippen LogP contribution in [0.5, 0.6) is 0 Å². The quantitative estimate of drug-likeness (QED) is 0.531. The van der Waals surface area contributed by atoms with Crippen molar-refractivity contribution in [3.63, 3.8) is 0 Å². The summed E-state index contributed by atoms with van der Waals surface area (Å²) in [4.78, 5) is 24.3. The van der Waals surface area contributed by atoms with Crippen molar-refractivity contribution in [1.82, 2.24) is 0 Å². The van der Waals surface area contributed by atoms with E-state index >= 15 is 0 Å². The second-order valence-electron chi connectivity index (χ2n) is 4.41. The Morgan fingerprint density at radius 2 is 1.90 bits per heavy atom. The first-order chi connectivity index (χ1) is 10.0. The van der Waals surface area contributed by atoms with Crippen LogP contribution in [0.2, 0.25) is 0 Å². The molecular weight excluding hydrogens is 270 g/mol. The zero-order chi connectivity index (χ0) is 15.4. The number of benzene rings is 2. The highest BCUT2D eigenvalue weighted by atomic mass is 16.6. The van der Waals surface area contributed by atoms with Gasteiger partial charge in [0, 0.05) is 24.4 Å². The second kappa shape index (κ2) is 6.04. The molecule has 108 valence electrons. The van der Waals surface area contributed by atoms with Crippen molar-refractivity contribution in [3.05, 3.63) is 64.2 Å². The summed E-state index contributed by atoms with van der Waals surface area (Å²) in [5.74, 6) is -0.281. The van der Waals surface area contributed by atoms with E-state index in [1.165, 1.54) is 18.2 Å². The van der Waals surface area contributed by atoms with Crippen LogP contribution in [-0.4, -0.2) is 17.4 Å². The van der Waals surface area contributed by atoms with E-state index in [1.54, 1.807) is 4.90 Å². The van der Waals surface area contributed by atoms with E-state index in [0.717, 1.165) is 5.69 Å². The third-order valence-electron chi connectivity index (χ3n) is 3.11. The fraction of sp³-hybridized carbons (Fsp3) is 0.133. The monoisotopic (exact) mass is 285 g/mol.